The summed E-state index contributed by atoms with van der Waals surface area (Å²) in [5.41, 5.74) is 5.59. The summed E-state index contributed by atoms with van der Waals surface area (Å²) < 4.78 is 31.7. The third-order valence-electron chi connectivity index (χ3n) is 2.95. The van der Waals surface area contributed by atoms with Gasteiger partial charge in [0.15, 0.2) is 0 Å². The first-order valence-corrected chi connectivity index (χ1v) is 8.20. The number of sulfonamides is 1. The second-order valence-corrected chi connectivity index (χ2v) is 7.11. The molecule has 1 aliphatic carbocycles. The number of methoxy groups -OCH3 is 1. The Morgan fingerprint density at radius 2 is 2.28 bits per heavy atom. The van der Waals surface area contributed by atoms with Crippen molar-refractivity contribution in [2.75, 3.05) is 20.3 Å². The first-order valence-electron chi connectivity index (χ1n) is 5.88. The first-order chi connectivity index (χ1) is 8.61. The maximum absolute atomic E-state index is 12.6. The summed E-state index contributed by atoms with van der Waals surface area (Å²) >= 11 is 1.39. The molecule has 5 nitrogen and oxygen atoms in total. The van der Waals surface area contributed by atoms with Crippen molar-refractivity contribution in [2.24, 2.45) is 5.73 Å². The average molecular weight is 290 g/mol. The van der Waals surface area contributed by atoms with Crippen LogP contribution in [0.15, 0.2) is 16.3 Å². The van der Waals surface area contributed by atoms with Gasteiger partial charge in [0, 0.05) is 31.1 Å². The molecule has 1 aromatic heterocycles. The number of thiophene rings is 1. The molecule has 0 aromatic carbocycles. The summed E-state index contributed by atoms with van der Waals surface area (Å²) in [6.07, 6.45) is 1.87. The Kier molecular flexibility index (Phi) is 4.39. The summed E-state index contributed by atoms with van der Waals surface area (Å²) in [5.74, 6) is 0. The zero-order valence-electron chi connectivity index (χ0n) is 10.3. The van der Waals surface area contributed by atoms with Crippen LogP contribution in [-0.2, 0) is 21.3 Å². The van der Waals surface area contributed by atoms with Gasteiger partial charge in [0.2, 0.25) is 10.0 Å². The van der Waals surface area contributed by atoms with Gasteiger partial charge in [0.1, 0.15) is 0 Å². The summed E-state index contributed by atoms with van der Waals surface area (Å²) in [4.78, 5) is 1.08. The molecule has 0 amide bonds. The molecular formula is C11H18N2O3S2. The van der Waals surface area contributed by atoms with Crippen LogP contribution in [0.4, 0.5) is 0 Å². The molecule has 1 saturated carbocycles. The highest BCUT2D eigenvalue weighted by molar-refractivity contribution is 7.89. The van der Waals surface area contributed by atoms with Crippen LogP contribution in [-0.4, -0.2) is 39.0 Å². The third-order valence-corrected chi connectivity index (χ3v) is 6.06. The number of hydrogen-bond acceptors (Lipinski definition) is 5. The Morgan fingerprint density at radius 1 is 1.56 bits per heavy atom. The van der Waals surface area contributed by atoms with Crippen LogP contribution in [0.1, 0.15) is 17.7 Å². The highest BCUT2D eigenvalue weighted by Gasteiger charge is 2.38. The minimum Gasteiger partial charge on any atom is -0.383 e. The quantitative estimate of drug-likeness (QED) is 0.813. The molecule has 0 saturated heterocycles. The molecule has 1 fully saturated rings. The molecule has 0 bridgehead atoms. The van der Waals surface area contributed by atoms with E-state index in [-0.39, 0.29) is 12.6 Å². The zero-order chi connectivity index (χ0) is 13.2. The highest BCUT2D eigenvalue weighted by atomic mass is 32.2. The van der Waals surface area contributed by atoms with Crippen LogP contribution in [0.25, 0.3) is 0 Å². The van der Waals surface area contributed by atoms with Gasteiger partial charge < -0.3 is 10.5 Å². The third kappa shape index (κ3) is 2.75. The van der Waals surface area contributed by atoms with E-state index in [1.807, 2.05) is 0 Å². The van der Waals surface area contributed by atoms with Gasteiger partial charge in [0.25, 0.3) is 0 Å². The van der Waals surface area contributed by atoms with Gasteiger partial charge in [-0.15, -0.1) is 11.3 Å². The van der Waals surface area contributed by atoms with E-state index in [4.69, 9.17) is 10.5 Å². The molecule has 102 valence electrons. The van der Waals surface area contributed by atoms with Crippen molar-refractivity contribution < 1.29 is 13.2 Å². The van der Waals surface area contributed by atoms with Crippen molar-refractivity contribution in [3.8, 4) is 0 Å². The van der Waals surface area contributed by atoms with Crippen LogP contribution >= 0.6 is 11.3 Å². The number of hydrogen-bond donors (Lipinski definition) is 1. The Balaban J connectivity index is 2.27. The molecule has 1 aromatic rings. The van der Waals surface area contributed by atoms with E-state index in [2.05, 4.69) is 0 Å². The van der Waals surface area contributed by atoms with Gasteiger partial charge in [-0.05, 0) is 24.3 Å². The smallest absolute Gasteiger partial charge is 0.244 e. The average Bonchev–Trinajstić information content (AvgIpc) is 3.05. The molecule has 18 heavy (non-hydrogen) atoms. The number of nitrogens with zero attached hydrogens (tertiary/aromatic N) is 1. The van der Waals surface area contributed by atoms with Crippen molar-refractivity contribution in [1.82, 2.24) is 4.31 Å². The fourth-order valence-electron chi connectivity index (χ4n) is 1.88. The van der Waals surface area contributed by atoms with Gasteiger partial charge in [0.05, 0.1) is 11.5 Å². The second kappa shape index (κ2) is 5.66. The highest BCUT2D eigenvalue weighted by Crippen LogP contribution is 2.33. The predicted molar refractivity (Wildman–Crippen MR) is 71.0 cm³/mol. The molecule has 0 spiro atoms. The number of rotatable bonds is 7. The Labute approximate surface area is 112 Å². The van der Waals surface area contributed by atoms with Crippen molar-refractivity contribution in [1.29, 1.82) is 0 Å². The van der Waals surface area contributed by atoms with E-state index < -0.39 is 10.0 Å². The number of ether oxygens (including phenoxy) is 1. The Morgan fingerprint density at radius 3 is 2.83 bits per heavy atom. The van der Waals surface area contributed by atoms with Crippen molar-refractivity contribution in [3.63, 3.8) is 0 Å². The normalized spacial score (nSPS) is 16.4. The second-order valence-electron chi connectivity index (χ2n) is 4.25. The lowest BCUT2D eigenvalue weighted by atomic mass is 10.5. The minimum atomic E-state index is -3.43. The summed E-state index contributed by atoms with van der Waals surface area (Å²) in [5, 5.41) is 1.77. The molecule has 0 atom stereocenters. The van der Waals surface area contributed by atoms with Crippen LogP contribution in [0.3, 0.4) is 0 Å². The largest absolute Gasteiger partial charge is 0.383 e. The Bertz CT molecular complexity index is 494. The van der Waals surface area contributed by atoms with E-state index in [1.54, 1.807) is 22.9 Å². The topological polar surface area (TPSA) is 72.6 Å². The van der Waals surface area contributed by atoms with Crippen LogP contribution < -0.4 is 5.73 Å². The summed E-state index contributed by atoms with van der Waals surface area (Å²) in [7, 11) is -1.85. The lowest BCUT2D eigenvalue weighted by Gasteiger charge is -2.21. The molecule has 2 rings (SSSR count). The molecular weight excluding hydrogens is 272 g/mol. The Hall–Kier alpha value is -0.470. The van der Waals surface area contributed by atoms with Crippen LogP contribution in [0.5, 0.6) is 0 Å². The van der Waals surface area contributed by atoms with E-state index in [1.165, 1.54) is 11.3 Å². The first kappa shape index (κ1) is 14.0. The van der Waals surface area contributed by atoms with E-state index in [0.29, 0.717) is 18.0 Å². The van der Waals surface area contributed by atoms with Gasteiger partial charge in [-0.1, -0.05) is 0 Å². The van der Waals surface area contributed by atoms with Crippen molar-refractivity contribution in [2.45, 2.75) is 30.3 Å². The van der Waals surface area contributed by atoms with Crippen molar-refractivity contribution in [3.05, 3.63) is 16.3 Å². The van der Waals surface area contributed by atoms with Gasteiger partial charge >= 0.3 is 0 Å². The minimum absolute atomic E-state index is 0.135. The summed E-state index contributed by atoms with van der Waals surface area (Å²) in [6, 6.07) is 1.78. The van der Waals surface area contributed by atoms with Crippen molar-refractivity contribution >= 4 is 21.4 Å². The molecule has 0 radical (unpaired) electrons. The van der Waals surface area contributed by atoms with Crippen LogP contribution in [0.2, 0.25) is 0 Å². The fraction of sp³-hybridized carbons (Fsp3) is 0.636. The fourth-order valence-corrected chi connectivity index (χ4v) is 4.85. The predicted octanol–water partition coefficient (Wildman–Crippen LogP) is 1.01. The van der Waals surface area contributed by atoms with E-state index >= 15 is 0 Å². The van der Waals surface area contributed by atoms with Crippen LogP contribution in [0, 0.1) is 0 Å². The zero-order valence-corrected chi connectivity index (χ0v) is 12.0. The van der Waals surface area contributed by atoms with Gasteiger partial charge in [-0.25, -0.2) is 8.42 Å². The molecule has 7 heteroatoms. The van der Waals surface area contributed by atoms with Gasteiger partial charge in [-0.2, -0.15) is 4.31 Å². The number of nitrogens with two attached hydrogens (primary N) is 1. The van der Waals surface area contributed by atoms with E-state index in [9.17, 15) is 8.42 Å². The lowest BCUT2D eigenvalue weighted by Crippen LogP contribution is -2.36. The SMILES string of the molecule is COCCN(C1CC1)S(=O)(=O)c1ccsc1CN. The molecule has 0 aliphatic heterocycles. The maximum atomic E-state index is 12.6. The van der Waals surface area contributed by atoms with E-state index in [0.717, 1.165) is 17.7 Å². The molecule has 1 aliphatic rings. The van der Waals surface area contributed by atoms with Gasteiger partial charge in [-0.3, -0.25) is 0 Å². The monoisotopic (exact) mass is 290 g/mol. The molecule has 2 N–H and O–H groups in total. The standard InChI is InChI=1S/C11H18N2O3S2/c1-16-6-5-13(9-2-3-9)18(14,15)11-4-7-17-10(11)8-12/h4,7,9H,2-3,5-6,8,12H2,1H3. The lowest BCUT2D eigenvalue weighted by molar-refractivity contribution is 0.177. The summed E-state index contributed by atoms with van der Waals surface area (Å²) in [6.45, 7) is 1.08. The molecule has 1 heterocycles. The maximum Gasteiger partial charge on any atom is 0.244 e. The molecule has 0 unspecified atom stereocenters.